The lowest BCUT2D eigenvalue weighted by molar-refractivity contribution is -0.133. The van der Waals surface area contributed by atoms with Gasteiger partial charge in [-0.1, -0.05) is 18.2 Å². The highest BCUT2D eigenvalue weighted by atomic mass is 35.5. The molecule has 1 rings (SSSR count). The van der Waals surface area contributed by atoms with Crippen molar-refractivity contribution in [2.24, 2.45) is 0 Å². The van der Waals surface area contributed by atoms with E-state index in [9.17, 15) is 9.59 Å². The number of benzene rings is 1. The van der Waals surface area contributed by atoms with Gasteiger partial charge in [0.1, 0.15) is 0 Å². The molecule has 0 fully saturated rings. The second-order valence-corrected chi connectivity index (χ2v) is 4.33. The predicted octanol–water partition coefficient (Wildman–Crippen LogP) is 2.10. The lowest BCUT2D eigenvalue weighted by atomic mass is 10.3. The van der Waals surface area contributed by atoms with E-state index >= 15 is 0 Å². The predicted molar refractivity (Wildman–Crippen MR) is 72.7 cm³/mol. The van der Waals surface area contributed by atoms with Crippen LogP contribution in [0.15, 0.2) is 30.3 Å². The van der Waals surface area contributed by atoms with Crippen LogP contribution in [0.2, 0.25) is 0 Å². The summed E-state index contributed by atoms with van der Waals surface area (Å²) in [5.41, 5.74) is 0.726. The van der Waals surface area contributed by atoms with E-state index in [-0.39, 0.29) is 18.4 Å². The van der Waals surface area contributed by atoms with Gasteiger partial charge in [0.25, 0.3) is 0 Å². The summed E-state index contributed by atoms with van der Waals surface area (Å²) in [5.74, 6) is 0.178. The third kappa shape index (κ3) is 5.19. The molecule has 0 saturated heterocycles. The van der Waals surface area contributed by atoms with Crippen molar-refractivity contribution in [1.82, 2.24) is 4.90 Å². The van der Waals surface area contributed by atoms with Crippen molar-refractivity contribution < 1.29 is 9.59 Å². The van der Waals surface area contributed by atoms with Crippen molar-refractivity contribution >= 4 is 29.1 Å². The Morgan fingerprint density at radius 2 is 1.94 bits per heavy atom. The molecule has 98 valence electrons. The molecule has 0 aromatic heterocycles. The Morgan fingerprint density at radius 3 is 2.56 bits per heavy atom. The van der Waals surface area contributed by atoms with Gasteiger partial charge in [-0.25, -0.2) is 0 Å². The van der Waals surface area contributed by atoms with Gasteiger partial charge in [-0.05, 0) is 18.6 Å². The largest absolute Gasteiger partial charge is 0.336 e. The van der Waals surface area contributed by atoms with Gasteiger partial charge in [0.15, 0.2) is 0 Å². The molecule has 0 aliphatic rings. The normalized spacial score (nSPS) is 9.89. The minimum absolute atomic E-state index is 0.0516. The Hall–Kier alpha value is -1.55. The molecule has 0 aliphatic heterocycles. The number of alkyl halides is 1. The highest BCUT2D eigenvalue weighted by Crippen LogP contribution is 2.05. The van der Waals surface area contributed by atoms with Gasteiger partial charge in [-0.15, -0.1) is 11.6 Å². The van der Waals surface area contributed by atoms with E-state index in [0.29, 0.717) is 18.7 Å². The molecule has 1 aromatic carbocycles. The molecule has 0 unspecified atom stereocenters. The lowest BCUT2D eigenvalue weighted by Crippen LogP contribution is -2.34. The molecule has 18 heavy (non-hydrogen) atoms. The summed E-state index contributed by atoms with van der Waals surface area (Å²) < 4.78 is 0. The van der Waals surface area contributed by atoms with Crippen molar-refractivity contribution in [3.63, 3.8) is 0 Å². The highest BCUT2D eigenvalue weighted by Gasteiger charge is 2.12. The minimum Gasteiger partial charge on any atom is -0.336 e. The van der Waals surface area contributed by atoms with Crippen LogP contribution in [0.1, 0.15) is 12.8 Å². The van der Waals surface area contributed by atoms with E-state index in [1.54, 1.807) is 19.2 Å². The molecular weight excluding hydrogens is 252 g/mol. The van der Waals surface area contributed by atoms with Crippen LogP contribution in [-0.2, 0) is 9.59 Å². The van der Waals surface area contributed by atoms with Crippen molar-refractivity contribution in [3.8, 4) is 0 Å². The fourth-order valence-electron chi connectivity index (χ4n) is 1.43. The number of likely N-dealkylation sites (N-methyl/N-ethyl adjacent to an activating group) is 1. The van der Waals surface area contributed by atoms with E-state index in [1.807, 2.05) is 18.2 Å². The molecule has 2 amide bonds. The monoisotopic (exact) mass is 268 g/mol. The Bertz CT molecular complexity index is 395. The Kier molecular flexibility index (Phi) is 6.22. The van der Waals surface area contributed by atoms with Crippen LogP contribution in [0.4, 0.5) is 5.69 Å². The van der Waals surface area contributed by atoms with Crippen molar-refractivity contribution in [1.29, 1.82) is 0 Å². The van der Waals surface area contributed by atoms with Crippen LogP contribution in [0.25, 0.3) is 0 Å². The number of hydrogen-bond donors (Lipinski definition) is 1. The summed E-state index contributed by atoms with van der Waals surface area (Å²) in [6, 6.07) is 9.15. The van der Waals surface area contributed by atoms with E-state index in [4.69, 9.17) is 11.6 Å². The third-order valence-electron chi connectivity index (χ3n) is 2.39. The average molecular weight is 269 g/mol. The standard InChI is InChI=1S/C13H17ClN2O2/c1-16(13(18)8-5-9-14)10-12(17)15-11-6-3-2-4-7-11/h2-4,6-7H,5,8-10H2,1H3,(H,15,17). The lowest BCUT2D eigenvalue weighted by Gasteiger charge is -2.16. The van der Waals surface area contributed by atoms with Crippen LogP contribution in [0.5, 0.6) is 0 Å². The number of amides is 2. The molecule has 0 bridgehead atoms. The quantitative estimate of drug-likeness (QED) is 0.804. The topological polar surface area (TPSA) is 49.4 Å². The molecule has 1 aromatic rings. The third-order valence-corrected chi connectivity index (χ3v) is 2.66. The number of hydrogen-bond acceptors (Lipinski definition) is 2. The van der Waals surface area contributed by atoms with Crippen LogP contribution in [0, 0.1) is 0 Å². The number of nitrogens with zero attached hydrogens (tertiary/aromatic N) is 1. The van der Waals surface area contributed by atoms with Crippen molar-refractivity contribution in [3.05, 3.63) is 30.3 Å². The first-order valence-corrected chi connectivity index (χ1v) is 6.31. The number of anilines is 1. The van der Waals surface area contributed by atoms with Gasteiger partial charge < -0.3 is 10.2 Å². The molecule has 5 heteroatoms. The molecule has 0 atom stereocenters. The molecule has 0 saturated carbocycles. The average Bonchev–Trinajstić information content (AvgIpc) is 2.36. The van der Waals surface area contributed by atoms with Crippen LogP contribution in [-0.4, -0.2) is 36.2 Å². The van der Waals surface area contributed by atoms with Crippen LogP contribution >= 0.6 is 11.6 Å². The van der Waals surface area contributed by atoms with E-state index in [1.165, 1.54) is 4.90 Å². The molecule has 4 nitrogen and oxygen atoms in total. The zero-order valence-electron chi connectivity index (χ0n) is 10.4. The van der Waals surface area contributed by atoms with Gasteiger partial charge in [0.05, 0.1) is 6.54 Å². The SMILES string of the molecule is CN(CC(=O)Nc1ccccc1)C(=O)CCCCl. The second kappa shape index (κ2) is 7.71. The summed E-state index contributed by atoms with van der Waals surface area (Å²) in [6.45, 7) is 0.0516. The van der Waals surface area contributed by atoms with Crippen LogP contribution < -0.4 is 5.32 Å². The van der Waals surface area contributed by atoms with E-state index in [0.717, 1.165) is 5.69 Å². The highest BCUT2D eigenvalue weighted by molar-refractivity contribution is 6.17. The van der Waals surface area contributed by atoms with Crippen molar-refractivity contribution in [2.45, 2.75) is 12.8 Å². The van der Waals surface area contributed by atoms with Crippen LogP contribution in [0.3, 0.4) is 0 Å². The fraction of sp³-hybridized carbons (Fsp3) is 0.385. The summed E-state index contributed by atoms with van der Waals surface area (Å²) in [5, 5.41) is 2.72. The maximum Gasteiger partial charge on any atom is 0.243 e. The molecule has 0 heterocycles. The van der Waals surface area contributed by atoms with Gasteiger partial charge >= 0.3 is 0 Å². The summed E-state index contributed by atoms with van der Waals surface area (Å²) in [4.78, 5) is 24.7. The number of carbonyl (C=O) groups excluding carboxylic acids is 2. The second-order valence-electron chi connectivity index (χ2n) is 3.96. The molecular formula is C13H17ClN2O2. The molecule has 0 radical (unpaired) electrons. The van der Waals surface area contributed by atoms with Gasteiger partial charge in [0, 0.05) is 25.0 Å². The Balaban J connectivity index is 2.38. The zero-order chi connectivity index (χ0) is 13.4. The first-order chi connectivity index (χ1) is 8.63. The Labute approximate surface area is 112 Å². The first-order valence-electron chi connectivity index (χ1n) is 5.78. The van der Waals surface area contributed by atoms with E-state index < -0.39 is 0 Å². The maximum atomic E-state index is 11.7. The smallest absolute Gasteiger partial charge is 0.243 e. The first kappa shape index (κ1) is 14.5. The maximum absolute atomic E-state index is 11.7. The fourth-order valence-corrected chi connectivity index (χ4v) is 1.57. The summed E-state index contributed by atoms with van der Waals surface area (Å²) >= 11 is 5.51. The van der Waals surface area contributed by atoms with Gasteiger partial charge in [-0.3, -0.25) is 9.59 Å². The number of para-hydroxylation sites is 1. The number of halogens is 1. The number of rotatable bonds is 6. The number of nitrogens with one attached hydrogen (secondary N) is 1. The molecule has 0 aliphatic carbocycles. The molecule has 1 N–H and O–H groups in total. The molecule has 0 spiro atoms. The summed E-state index contributed by atoms with van der Waals surface area (Å²) in [7, 11) is 1.61. The number of carbonyl (C=O) groups is 2. The van der Waals surface area contributed by atoms with E-state index in [2.05, 4.69) is 5.32 Å². The minimum atomic E-state index is -0.206. The van der Waals surface area contributed by atoms with Gasteiger partial charge in [0.2, 0.25) is 11.8 Å². The van der Waals surface area contributed by atoms with Crippen molar-refractivity contribution in [2.75, 3.05) is 24.8 Å². The summed E-state index contributed by atoms with van der Waals surface area (Å²) in [6.07, 6.45) is 1.00. The van der Waals surface area contributed by atoms with Gasteiger partial charge in [-0.2, -0.15) is 0 Å². The zero-order valence-corrected chi connectivity index (χ0v) is 11.1. The Morgan fingerprint density at radius 1 is 1.28 bits per heavy atom.